The standard InChI is InChI=1S/C12H20N4/c1-9-13-11(7-12(14-9)15(2)3)10-5-6-16(4)8-10/h7,10H,5-6,8H2,1-4H3. The minimum absolute atomic E-state index is 0.574. The smallest absolute Gasteiger partial charge is 0.132 e. The number of anilines is 1. The van der Waals surface area contributed by atoms with Gasteiger partial charge >= 0.3 is 0 Å². The fourth-order valence-corrected chi connectivity index (χ4v) is 2.19. The van der Waals surface area contributed by atoms with Crippen LogP contribution in [0.3, 0.4) is 0 Å². The topological polar surface area (TPSA) is 32.3 Å². The second-order valence-electron chi connectivity index (χ2n) is 4.84. The summed E-state index contributed by atoms with van der Waals surface area (Å²) in [7, 11) is 6.21. The number of hydrogen-bond acceptors (Lipinski definition) is 4. The van der Waals surface area contributed by atoms with Gasteiger partial charge in [0.25, 0.3) is 0 Å². The van der Waals surface area contributed by atoms with Crippen LogP contribution >= 0.6 is 0 Å². The highest BCUT2D eigenvalue weighted by molar-refractivity contribution is 5.38. The Morgan fingerprint density at radius 1 is 1.38 bits per heavy atom. The molecule has 1 unspecified atom stereocenters. The van der Waals surface area contributed by atoms with Crippen LogP contribution in [0.15, 0.2) is 6.07 Å². The summed E-state index contributed by atoms with van der Waals surface area (Å²) in [5.41, 5.74) is 1.19. The van der Waals surface area contributed by atoms with Crippen molar-refractivity contribution in [2.75, 3.05) is 39.1 Å². The quantitative estimate of drug-likeness (QED) is 0.751. The molecule has 0 N–H and O–H groups in total. The van der Waals surface area contributed by atoms with Crippen LogP contribution < -0.4 is 4.90 Å². The van der Waals surface area contributed by atoms with Gasteiger partial charge < -0.3 is 9.80 Å². The van der Waals surface area contributed by atoms with Crippen molar-refractivity contribution >= 4 is 5.82 Å². The Balaban J connectivity index is 2.27. The fraction of sp³-hybridized carbons (Fsp3) is 0.667. The van der Waals surface area contributed by atoms with Crippen molar-refractivity contribution in [1.82, 2.24) is 14.9 Å². The third-order valence-electron chi connectivity index (χ3n) is 3.11. The lowest BCUT2D eigenvalue weighted by Crippen LogP contribution is -2.16. The molecule has 0 aliphatic carbocycles. The Labute approximate surface area is 97.3 Å². The highest BCUT2D eigenvalue weighted by atomic mass is 15.2. The molecular formula is C12H20N4. The van der Waals surface area contributed by atoms with Crippen molar-refractivity contribution in [3.05, 3.63) is 17.6 Å². The van der Waals surface area contributed by atoms with E-state index in [0.717, 1.165) is 18.2 Å². The van der Waals surface area contributed by atoms with Crippen molar-refractivity contribution in [3.63, 3.8) is 0 Å². The van der Waals surface area contributed by atoms with E-state index in [-0.39, 0.29) is 0 Å². The molecule has 0 saturated carbocycles. The van der Waals surface area contributed by atoms with Gasteiger partial charge in [0.15, 0.2) is 0 Å². The maximum atomic E-state index is 4.57. The van der Waals surface area contributed by atoms with Gasteiger partial charge in [0.2, 0.25) is 0 Å². The van der Waals surface area contributed by atoms with Gasteiger partial charge in [-0.15, -0.1) is 0 Å². The Hall–Kier alpha value is -1.16. The molecule has 16 heavy (non-hydrogen) atoms. The minimum atomic E-state index is 0.574. The van der Waals surface area contributed by atoms with Crippen LogP contribution in [-0.2, 0) is 0 Å². The normalized spacial score (nSPS) is 21.4. The second kappa shape index (κ2) is 4.37. The van der Waals surface area contributed by atoms with E-state index in [0.29, 0.717) is 5.92 Å². The zero-order chi connectivity index (χ0) is 11.7. The highest BCUT2D eigenvalue weighted by Gasteiger charge is 2.23. The lowest BCUT2D eigenvalue weighted by molar-refractivity contribution is 0.410. The predicted molar refractivity (Wildman–Crippen MR) is 66.0 cm³/mol. The first-order chi connectivity index (χ1) is 7.56. The lowest BCUT2D eigenvalue weighted by Gasteiger charge is -2.16. The summed E-state index contributed by atoms with van der Waals surface area (Å²) >= 11 is 0. The first-order valence-corrected chi connectivity index (χ1v) is 5.77. The maximum absolute atomic E-state index is 4.57. The Kier molecular flexibility index (Phi) is 3.10. The molecule has 1 aromatic rings. The van der Waals surface area contributed by atoms with Crippen LogP contribution in [0.1, 0.15) is 23.9 Å². The van der Waals surface area contributed by atoms with E-state index in [1.807, 2.05) is 25.9 Å². The molecule has 0 amide bonds. The first-order valence-electron chi connectivity index (χ1n) is 5.77. The average Bonchev–Trinajstić information content (AvgIpc) is 2.64. The van der Waals surface area contributed by atoms with Gasteiger partial charge in [-0.25, -0.2) is 9.97 Å². The number of likely N-dealkylation sites (tertiary alicyclic amines) is 1. The van der Waals surface area contributed by atoms with Crippen LogP contribution in [0.2, 0.25) is 0 Å². The molecule has 4 nitrogen and oxygen atoms in total. The molecule has 0 bridgehead atoms. The van der Waals surface area contributed by atoms with E-state index in [1.54, 1.807) is 0 Å². The SMILES string of the molecule is Cc1nc(C2CCN(C)C2)cc(N(C)C)n1. The number of hydrogen-bond donors (Lipinski definition) is 0. The third kappa shape index (κ3) is 2.32. The molecule has 1 aliphatic heterocycles. The third-order valence-corrected chi connectivity index (χ3v) is 3.11. The Morgan fingerprint density at radius 2 is 2.12 bits per heavy atom. The Morgan fingerprint density at radius 3 is 2.69 bits per heavy atom. The van der Waals surface area contributed by atoms with Gasteiger partial charge in [0, 0.05) is 32.6 Å². The van der Waals surface area contributed by atoms with Gasteiger partial charge in [-0.05, 0) is 26.9 Å². The molecule has 0 aromatic carbocycles. The van der Waals surface area contributed by atoms with Gasteiger partial charge in [0.05, 0.1) is 5.69 Å². The molecule has 4 heteroatoms. The van der Waals surface area contributed by atoms with E-state index in [1.165, 1.54) is 18.7 Å². The van der Waals surface area contributed by atoms with E-state index >= 15 is 0 Å². The predicted octanol–water partition coefficient (Wildman–Crippen LogP) is 1.27. The minimum Gasteiger partial charge on any atom is -0.363 e. The molecule has 1 saturated heterocycles. The fourth-order valence-electron chi connectivity index (χ4n) is 2.19. The van der Waals surface area contributed by atoms with E-state index in [2.05, 4.69) is 28.0 Å². The summed E-state index contributed by atoms with van der Waals surface area (Å²) in [5, 5.41) is 0. The first kappa shape index (κ1) is 11.3. The second-order valence-corrected chi connectivity index (χ2v) is 4.84. The average molecular weight is 220 g/mol. The Bertz CT molecular complexity index is 375. The van der Waals surface area contributed by atoms with Crippen LogP contribution in [0, 0.1) is 6.92 Å². The van der Waals surface area contributed by atoms with Gasteiger partial charge in [-0.1, -0.05) is 0 Å². The summed E-state index contributed by atoms with van der Waals surface area (Å²) in [6.07, 6.45) is 1.21. The molecule has 88 valence electrons. The van der Waals surface area contributed by atoms with Crippen LogP contribution in [0.25, 0.3) is 0 Å². The zero-order valence-corrected chi connectivity index (χ0v) is 10.6. The number of aryl methyl sites for hydroxylation is 1. The van der Waals surface area contributed by atoms with Crippen molar-refractivity contribution in [2.45, 2.75) is 19.3 Å². The van der Waals surface area contributed by atoms with Gasteiger partial charge in [0.1, 0.15) is 11.6 Å². The summed E-state index contributed by atoms with van der Waals surface area (Å²) in [4.78, 5) is 13.4. The number of aromatic nitrogens is 2. The molecule has 2 heterocycles. The van der Waals surface area contributed by atoms with Crippen molar-refractivity contribution in [2.24, 2.45) is 0 Å². The lowest BCUT2D eigenvalue weighted by atomic mass is 10.0. The largest absolute Gasteiger partial charge is 0.363 e. The van der Waals surface area contributed by atoms with Gasteiger partial charge in [-0.2, -0.15) is 0 Å². The molecule has 0 spiro atoms. The zero-order valence-electron chi connectivity index (χ0n) is 10.6. The number of likely N-dealkylation sites (N-methyl/N-ethyl adjacent to an activating group) is 1. The van der Waals surface area contributed by atoms with E-state index in [9.17, 15) is 0 Å². The molecule has 1 atom stereocenters. The van der Waals surface area contributed by atoms with Gasteiger partial charge in [-0.3, -0.25) is 0 Å². The van der Waals surface area contributed by atoms with Crippen molar-refractivity contribution < 1.29 is 0 Å². The van der Waals surface area contributed by atoms with Crippen LogP contribution in [0.4, 0.5) is 5.82 Å². The summed E-state index contributed by atoms with van der Waals surface area (Å²) in [5.74, 6) is 2.46. The summed E-state index contributed by atoms with van der Waals surface area (Å²) < 4.78 is 0. The number of nitrogens with zero attached hydrogens (tertiary/aromatic N) is 4. The molecular weight excluding hydrogens is 200 g/mol. The molecule has 0 radical (unpaired) electrons. The number of rotatable bonds is 2. The van der Waals surface area contributed by atoms with Crippen molar-refractivity contribution in [3.8, 4) is 0 Å². The molecule has 1 aliphatic rings. The maximum Gasteiger partial charge on any atom is 0.132 e. The molecule has 1 aromatic heterocycles. The molecule has 1 fully saturated rings. The van der Waals surface area contributed by atoms with E-state index in [4.69, 9.17) is 0 Å². The van der Waals surface area contributed by atoms with E-state index < -0.39 is 0 Å². The summed E-state index contributed by atoms with van der Waals surface area (Å²) in [6, 6.07) is 2.12. The highest BCUT2D eigenvalue weighted by Crippen LogP contribution is 2.26. The van der Waals surface area contributed by atoms with Crippen molar-refractivity contribution in [1.29, 1.82) is 0 Å². The molecule has 2 rings (SSSR count). The monoisotopic (exact) mass is 220 g/mol. The van der Waals surface area contributed by atoms with Crippen LogP contribution in [-0.4, -0.2) is 49.1 Å². The summed E-state index contributed by atoms with van der Waals surface area (Å²) in [6.45, 7) is 4.25. The van der Waals surface area contributed by atoms with Crippen LogP contribution in [0.5, 0.6) is 0 Å².